The monoisotopic (exact) mass is 430 g/mol. The van der Waals surface area contributed by atoms with Crippen LogP contribution in [-0.2, 0) is 29.2 Å². The molecule has 1 saturated heterocycles. The van der Waals surface area contributed by atoms with Crippen LogP contribution in [0.25, 0.3) is 0 Å². The van der Waals surface area contributed by atoms with Gasteiger partial charge in [-0.15, -0.1) is 11.3 Å². The van der Waals surface area contributed by atoms with Gasteiger partial charge in [-0.1, -0.05) is 38.1 Å². The second-order valence-corrected chi connectivity index (χ2v) is 8.75. The van der Waals surface area contributed by atoms with Gasteiger partial charge >= 0.3 is 0 Å². The number of thiazole rings is 1. The average Bonchev–Trinajstić information content (AvgIpc) is 3.25. The molecule has 1 fully saturated rings. The molecular formula is C23H34N4O2S. The van der Waals surface area contributed by atoms with Gasteiger partial charge in [0.05, 0.1) is 31.5 Å². The van der Waals surface area contributed by atoms with Gasteiger partial charge < -0.3 is 20.1 Å². The molecule has 1 aromatic heterocycles. The number of hydrogen-bond acceptors (Lipinski definition) is 5. The summed E-state index contributed by atoms with van der Waals surface area (Å²) in [6.45, 7) is 10.8. The molecule has 3 rings (SSSR count). The van der Waals surface area contributed by atoms with Crippen LogP contribution in [0.4, 0.5) is 0 Å². The number of guanidine groups is 1. The van der Waals surface area contributed by atoms with Gasteiger partial charge in [0.25, 0.3) is 0 Å². The minimum Gasteiger partial charge on any atom is -0.381 e. The highest BCUT2D eigenvalue weighted by Crippen LogP contribution is 2.17. The molecule has 0 amide bonds. The number of rotatable bonds is 9. The van der Waals surface area contributed by atoms with Crippen LogP contribution in [0.2, 0.25) is 0 Å². The van der Waals surface area contributed by atoms with E-state index in [0.717, 1.165) is 49.3 Å². The van der Waals surface area contributed by atoms with E-state index >= 15 is 0 Å². The number of hydrogen-bond donors (Lipinski definition) is 2. The van der Waals surface area contributed by atoms with Crippen molar-refractivity contribution in [3.8, 4) is 0 Å². The summed E-state index contributed by atoms with van der Waals surface area (Å²) in [6.07, 6.45) is 2.31. The molecule has 0 aliphatic carbocycles. The predicted octanol–water partition coefficient (Wildman–Crippen LogP) is 4.22. The molecule has 1 aliphatic heterocycles. The van der Waals surface area contributed by atoms with Crippen molar-refractivity contribution in [2.75, 3.05) is 19.8 Å². The van der Waals surface area contributed by atoms with Crippen molar-refractivity contribution >= 4 is 17.3 Å². The van der Waals surface area contributed by atoms with Gasteiger partial charge in [0.15, 0.2) is 5.96 Å². The van der Waals surface area contributed by atoms with Gasteiger partial charge in [0, 0.05) is 25.1 Å². The molecule has 0 unspecified atom stereocenters. The first kappa shape index (κ1) is 22.7. The number of aromatic nitrogens is 1. The van der Waals surface area contributed by atoms with E-state index in [1.807, 2.05) is 0 Å². The van der Waals surface area contributed by atoms with E-state index in [4.69, 9.17) is 14.5 Å². The van der Waals surface area contributed by atoms with Crippen LogP contribution in [0.5, 0.6) is 0 Å². The Bertz CT molecular complexity index is 783. The van der Waals surface area contributed by atoms with Gasteiger partial charge in [-0.05, 0) is 36.8 Å². The molecule has 2 heterocycles. The largest absolute Gasteiger partial charge is 0.381 e. The standard InChI is InChI=1S/C23H34N4O2S/c1-4-24-23(26-14-22-27-21(16-30-22)17(2)3)25-13-18-5-7-19(8-6-18)15-29-20-9-11-28-12-10-20/h5-8,16-17,20H,4,9-15H2,1-3H3,(H2,24,25,26). The maximum Gasteiger partial charge on any atom is 0.191 e. The Balaban J connectivity index is 1.48. The lowest BCUT2D eigenvalue weighted by molar-refractivity contribution is -0.0390. The highest BCUT2D eigenvalue weighted by Gasteiger charge is 2.14. The van der Waals surface area contributed by atoms with Crippen LogP contribution in [0.15, 0.2) is 34.6 Å². The molecule has 0 bridgehead atoms. The SMILES string of the molecule is CCNC(=NCc1ccc(COC2CCOCC2)cc1)NCc1nc(C(C)C)cs1. The van der Waals surface area contributed by atoms with Crippen molar-refractivity contribution in [1.29, 1.82) is 0 Å². The lowest BCUT2D eigenvalue weighted by Gasteiger charge is -2.22. The van der Waals surface area contributed by atoms with Crippen LogP contribution in [0.1, 0.15) is 61.4 Å². The van der Waals surface area contributed by atoms with Crippen molar-refractivity contribution in [3.63, 3.8) is 0 Å². The number of aliphatic imine (C=N–C) groups is 1. The molecule has 0 radical (unpaired) electrons. The number of nitrogens with one attached hydrogen (secondary N) is 2. The van der Waals surface area contributed by atoms with Crippen molar-refractivity contribution in [2.45, 2.75) is 65.3 Å². The molecule has 2 N–H and O–H groups in total. The molecule has 2 aromatic rings. The quantitative estimate of drug-likeness (QED) is 0.461. The third-order valence-corrected chi connectivity index (χ3v) is 5.88. The Hall–Kier alpha value is -1.96. The minimum absolute atomic E-state index is 0.325. The Kier molecular flexibility index (Phi) is 9.11. The summed E-state index contributed by atoms with van der Waals surface area (Å²) in [7, 11) is 0. The molecule has 1 aromatic carbocycles. The van der Waals surface area contributed by atoms with Gasteiger partial charge in [0.2, 0.25) is 0 Å². The molecule has 1 aliphatic rings. The van der Waals surface area contributed by atoms with E-state index < -0.39 is 0 Å². The maximum atomic E-state index is 6.00. The first-order valence-corrected chi connectivity index (χ1v) is 11.8. The zero-order valence-electron chi connectivity index (χ0n) is 18.3. The van der Waals surface area contributed by atoms with Crippen LogP contribution in [0, 0.1) is 0 Å². The van der Waals surface area contributed by atoms with Crippen LogP contribution in [0.3, 0.4) is 0 Å². The van der Waals surface area contributed by atoms with Crippen molar-refractivity contribution in [3.05, 3.63) is 51.5 Å². The number of benzene rings is 1. The topological polar surface area (TPSA) is 67.8 Å². The molecule has 0 spiro atoms. The third-order valence-electron chi connectivity index (χ3n) is 5.01. The van der Waals surface area contributed by atoms with Crippen LogP contribution >= 0.6 is 11.3 Å². The van der Waals surface area contributed by atoms with Crippen molar-refractivity contribution in [2.24, 2.45) is 4.99 Å². The summed E-state index contributed by atoms with van der Waals surface area (Å²) >= 11 is 1.69. The van der Waals surface area contributed by atoms with E-state index in [1.165, 1.54) is 11.1 Å². The number of nitrogens with zero attached hydrogens (tertiary/aromatic N) is 2. The van der Waals surface area contributed by atoms with Crippen LogP contribution in [-0.4, -0.2) is 36.8 Å². The zero-order valence-corrected chi connectivity index (χ0v) is 19.1. The van der Waals surface area contributed by atoms with E-state index in [2.05, 4.69) is 66.0 Å². The fraction of sp³-hybridized carbons (Fsp3) is 0.565. The summed E-state index contributed by atoms with van der Waals surface area (Å²) in [5.74, 6) is 1.27. The van der Waals surface area contributed by atoms with Gasteiger partial charge in [0.1, 0.15) is 5.01 Å². The first-order valence-electron chi connectivity index (χ1n) is 10.9. The molecule has 0 saturated carbocycles. The fourth-order valence-corrected chi connectivity index (χ4v) is 4.04. The second-order valence-electron chi connectivity index (χ2n) is 7.81. The Morgan fingerprint density at radius 2 is 1.93 bits per heavy atom. The highest BCUT2D eigenvalue weighted by atomic mass is 32.1. The van der Waals surface area contributed by atoms with E-state index in [-0.39, 0.29) is 0 Å². The minimum atomic E-state index is 0.325. The summed E-state index contributed by atoms with van der Waals surface area (Å²) in [4.78, 5) is 9.39. The predicted molar refractivity (Wildman–Crippen MR) is 123 cm³/mol. The second kappa shape index (κ2) is 12.0. The van der Waals surface area contributed by atoms with Gasteiger partial charge in [-0.25, -0.2) is 9.98 Å². The lowest BCUT2D eigenvalue weighted by atomic mass is 10.1. The molecule has 7 heteroatoms. The molecular weight excluding hydrogens is 396 g/mol. The molecule has 6 nitrogen and oxygen atoms in total. The van der Waals surface area contributed by atoms with E-state index in [1.54, 1.807) is 11.3 Å². The average molecular weight is 431 g/mol. The van der Waals surface area contributed by atoms with Crippen LogP contribution < -0.4 is 10.6 Å². The molecule has 0 atom stereocenters. The zero-order chi connectivity index (χ0) is 21.2. The van der Waals surface area contributed by atoms with E-state index in [0.29, 0.717) is 31.7 Å². The first-order chi connectivity index (χ1) is 14.6. The van der Waals surface area contributed by atoms with Crippen molar-refractivity contribution in [1.82, 2.24) is 15.6 Å². The summed E-state index contributed by atoms with van der Waals surface area (Å²) < 4.78 is 11.4. The lowest BCUT2D eigenvalue weighted by Crippen LogP contribution is -2.36. The fourth-order valence-electron chi connectivity index (χ4n) is 3.14. The third kappa shape index (κ3) is 7.38. The summed E-state index contributed by atoms with van der Waals surface area (Å²) in [5.41, 5.74) is 3.53. The maximum absolute atomic E-state index is 6.00. The van der Waals surface area contributed by atoms with Crippen molar-refractivity contribution < 1.29 is 9.47 Å². The Morgan fingerprint density at radius 3 is 2.60 bits per heavy atom. The van der Waals surface area contributed by atoms with Gasteiger partial charge in [-0.2, -0.15) is 0 Å². The number of ether oxygens (including phenoxy) is 2. The van der Waals surface area contributed by atoms with E-state index in [9.17, 15) is 0 Å². The summed E-state index contributed by atoms with van der Waals surface area (Å²) in [6, 6.07) is 8.53. The molecule has 30 heavy (non-hydrogen) atoms. The van der Waals surface area contributed by atoms with Gasteiger partial charge in [-0.3, -0.25) is 0 Å². The Labute approximate surface area is 184 Å². The normalized spacial score (nSPS) is 15.5. The highest BCUT2D eigenvalue weighted by molar-refractivity contribution is 7.09. The molecule has 164 valence electrons. The Morgan fingerprint density at radius 1 is 1.20 bits per heavy atom. The summed E-state index contributed by atoms with van der Waals surface area (Å²) in [5, 5.41) is 9.91. The smallest absolute Gasteiger partial charge is 0.191 e.